The average molecular weight is 254 g/mol. The fourth-order valence-electron chi connectivity index (χ4n) is 1.11. The van der Waals surface area contributed by atoms with Gasteiger partial charge in [-0.1, -0.05) is 52.9 Å². The van der Waals surface area contributed by atoms with Gasteiger partial charge in [-0.3, -0.25) is 5.10 Å². The minimum atomic E-state index is 0.737. The Bertz CT molecular complexity index is 484. The number of nitrogens with one attached hydrogen (secondary N) is 1. The van der Waals surface area contributed by atoms with Crippen LogP contribution in [-0.2, 0) is 5.75 Å². The number of H-pyrrole nitrogens is 1. The maximum Gasteiger partial charge on any atom is 0.177 e. The molecule has 1 aromatic carbocycles. The monoisotopic (exact) mass is 254 g/mol. The van der Waals surface area contributed by atoms with Gasteiger partial charge in [0.15, 0.2) is 8.29 Å². The van der Waals surface area contributed by atoms with E-state index in [1.807, 2.05) is 0 Å². The molecule has 1 aromatic heterocycles. The third-order valence-corrected chi connectivity index (χ3v) is 4.20. The first-order valence-electron chi connectivity index (χ1n) is 4.48. The lowest BCUT2D eigenvalue weighted by Gasteiger charge is -1.98. The summed E-state index contributed by atoms with van der Waals surface area (Å²) in [6, 6.07) is 8.55. The van der Waals surface area contributed by atoms with E-state index in [0.29, 0.717) is 0 Å². The first-order chi connectivity index (χ1) is 7.24. The zero-order valence-corrected chi connectivity index (χ0v) is 10.6. The molecule has 0 fully saturated rings. The van der Waals surface area contributed by atoms with Crippen molar-refractivity contribution >= 4 is 35.3 Å². The highest BCUT2D eigenvalue weighted by atomic mass is 32.2. The zero-order chi connectivity index (χ0) is 10.7. The van der Waals surface area contributed by atoms with Crippen molar-refractivity contribution in [3.63, 3.8) is 0 Å². The molecule has 0 unspecified atom stereocenters. The van der Waals surface area contributed by atoms with Crippen molar-refractivity contribution < 1.29 is 0 Å². The van der Waals surface area contributed by atoms with Crippen LogP contribution in [0.3, 0.4) is 0 Å². The van der Waals surface area contributed by atoms with Gasteiger partial charge in [0.25, 0.3) is 0 Å². The number of aromatic amines is 1. The summed E-state index contributed by atoms with van der Waals surface area (Å²) in [5, 5.41) is 6.88. The molecule has 15 heavy (non-hydrogen) atoms. The van der Waals surface area contributed by atoms with Gasteiger partial charge in [0, 0.05) is 5.75 Å². The van der Waals surface area contributed by atoms with Crippen LogP contribution in [0.4, 0.5) is 0 Å². The molecule has 0 aliphatic carbocycles. The molecular formula is C10H10N2S3. The maximum atomic E-state index is 4.97. The third kappa shape index (κ3) is 3.15. The van der Waals surface area contributed by atoms with E-state index in [1.54, 1.807) is 11.8 Å². The smallest absolute Gasteiger partial charge is 0.177 e. The Hall–Kier alpha value is -0.650. The second-order valence-corrected chi connectivity index (χ2v) is 6.04. The lowest BCUT2D eigenvalue weighted by Crippen LogP contribution is -1.80. The van der Waals surface area contributed by atoms with E-state index in [9.17, 15) is 0 Å². The Morgan fingerprint density at radius 3 is 2.73 bits per heavy atom. The lowest BCUT2D eigenvalue weighted by atomic mass is 10.2. The summed E-state index contributed by atoms with van der Waals surface area (Å²) in [7, 11) is 0. The van der Waals surface area contributed by atoms with Gasteiger partial charge in [0.2, 0.25) is 0 Å². The van der Waals surface area contributed by atoms with Gasteiger partial charge in [0.1, 0.15) is 0 Å². The fourth-order valence-corrected chi connectivity index (χ4v) is 3.14. The van der Waals surface area contributed by atoms with E-state index >= 15 is 0 Å². The number of nitrogens with zero attached hydrogens (tertiary/aromatic N) is 1. The minimum Gasteiger partial charge on any atom is -0.257 e. The summed E-state index contributed by atoms with van der Waals surface area (Å²) in [6.45, 7) is 2.09. The van der Waals surface area contributed by atoms with Crippen molar-refractivity contribution in [3.05, 3.63) is 39.3 Å². The first-order valence-corrected chi connectivity index (χ1v) is 6.69. The molecule has 0 atom stereocenters. The molecule has 0 amide bonds. The number of rotatable bonds is 3. The number of hydrogen-bond acceptors (Lipinski definition) is 4. The van der Waals surface area contributed by atoms with Crippen LogP contribution in [0.5, 0.6) is 0 Å². The molecule has 2 nitrogen and oxygen atoms in total. The van der Waals surface area contributed by atoms with Crippen molar-refractivity contribution in [1.82, 2.24) is 10.2 Å². The van der Waals surface area contributed by atoms with E-state index in [1.165, 1.54) is 22.5 Å². The summed E-state index contributed by atoms with van der Waals surface area (Å²) in [4.78, 5) is 0. The van der Waals surface area contributed by atoms with Gasteiger partial charge >= 0.3 is 0 Å². The van der Waals surface area contributed by atoms with E-state index in [2.05, 4.69) is 41.4 Å². The Morgan fingerprint density at radius 1 is 1.40 bits per heavy atom. The molecule has 0 aliphatic rings. The highest BCUT2D eigenvalue weighted by Crippen LogP contribution is 2.24. The number of benzene rings is 1. The van der Waals surface area contributed by atoms with Crippen molar-refractivity contribution in [2.75, 3.05) is 0 Å². The van der Waals surface area contributed by atoms with Crippen LogP contribution in [0.2, 0.25) is 0 Å². The van der Waals surface area contributed by atoms with E-state index in [-0.39, 0.29) is 0 Å². The SMILES string of the molecule is Cc1ccc(CSc2n[nH]c(=S)s2)cc1. The predicted molar refractivity (Wildman–Crippen MR) is 68.0 cm³/mol. The summed E-state index contributed by atoms with van der Waals surface area (Å²) >= 11 is 8.20. The van der Waals surface area contributed by atoms with Crippen LogP contribution in [0, 0.1) is 10.9 Å². The van der Waals surface area contributed by atoms with Crippen molar-refractivity contribution in [1.29, 1.82) is 0 Å². The van der Waals surface area contributed by atoms with Crippen LogP contribution >= 0.6 is 35.3 Å². The average Bonchev–Trinajstić information content (AvgIpc) is 2.64. The lowest BCUT2D eigenvalue weighted by molar-refractivity contribution is 1.00. The van der Waals surface area contributed by atoms with Gasteiger partial charge in [-0.15, -0.1) is 0 Å². The summed E-state index contributed by atoms with van der Waals surface area (Å²) < 4.78 is 1.74. The number of aromatic nitrogens is 2. The van der Waals surface area contributed by atoms with Crippen LogP contribution < -0.4 is 0 Å². The molecule has 0 saturated heterocycles. The standard InChI is InChI=1S/C10H10N2S3/c1-7-2-4-8(5-3-7)6-14-10-12-11-9(13)15-10/h2-5H,6H2,1H3,(H,11,13). The van der Waals surface area contributed by atoms with Crippen LogP contribution in [0.15, 0.2) is 28.6 Å². The number of hydrogen-bond donors (Lipinski definition) is 1. The van der Waals surface area contributed by atoms with Crippen molar-refractivity contribution in [2.24, 2.45) is 0 Å². The van der Waals surface area contributed by atoms with Gasteiger partial charge in [-0.2, -0.15) is 5.10 Å². The van der Waals surface area contributed by atoms with Crippen LogP contribution in [-0.4, -0.2) is 10.2 Å². The second-order valence-electron chi connectivity index (χ2n) is 3.15. The molecule has 1 heterocycles. The molecule has 2 rings (SSSR count). The Labute approximate surface area is 102 Å². The third-order valence-electron chi connectivity index (χ3n) is 1.90. The van der Waals surface area contributed by atoms with E-state index in [4.69, 9.17) is 12.2 Å². The van der Waals surface area contributed by atoms with Gasteiger partial charge in [-0.25, -0.2) is 0 Å². The van der Waals surface area contributed by atoms with Gasteiger partial charge in [0.05, 0.1) is 0 Å². The summed E-state index contributed by atoms with van der Waals surface area (Å²) in [5.41, 5.74) is 2.60. The molecule has 0 aliphatic heterocycles. The molecular weight excluding hydrogens is 244 g/mol. The van der Waals surface area contributed by atoms with Gasteiger partial charge in [-0.05, 0) is 24.7 Å². The molecule has 0 spiro atoms. The maximum absolute atomic E-state index is 4.97. The Balaban J connectivity index is 1.99. The fraction of sp³-hybridized carbons (Fsp3) is 0.200. The molecule has 2 aromatic rings. The Kier molecular flexibility index (Phi) is 3.56. The zero-order valence-electron chi connectivity index (χ0n) is 8.19. The summed E-state index contributed by atoms with van der Waals surface area (Å²) in [6.07, 6.45) is 0. The van der Waals surface area contributed by atoms with Crippen molar-refractivity contribution in [2.45, 2.75) is 17.0 Å². The highest BCUT2D eigenvalue weighted by molar-refractivity contribution is 8.00. The molecule has 78 valence electrons. The largest absolute Gasteiger partial charge is 0.257 e. The quantitative estimate of drug-likeness (QED) is 0.667. The van der Waals surface area contributed by atoms with Crippen LogP contribution in [0.25, 0.3) is 0 Å². The minimum absolute atomic E-state index is 0.737. The summed E-state index contributed by atoms with van der Waals surface area (Å²) in [5.74, 6) is 0.941. The normalized spacial score (nSPS) is 10.5. The predicted octanol–water partition coefficient (Wildman–Crippen LogP) is 3.80. The number of aryl methyl sites for hydroxylation is 1. The second kappa shape index (κ2) is 4.92. The number of thioether (sulfide) groups is 1. The molecule has 1 N–H and O–H groups in total. The molecule has 0 saturated carbocycles. The topological polar surface area (TPSA) is 28.7 Å². The van der Waals surface area contributed by atoms with Crippen molar-refractivity contribution in [3.8, 4) is 0 Å². The van der Waals surface area contributed by atoms with Crippen LogP contribution in [0.1, 0.15) is 11.1 Å². The van der Waals surface area contributed by atoms with Gasteiger partial charge < -0.3 is 0 Å². The van der Waals surface area contributed by atoms with E-state index in [0.717, 1.165) is 14.0 Å². The van der Waals surface area contributed by atoms with E-state index < -0.39 is 0 Å². The first kappa shape index (κ1) is 10.9. The molecule has 0 radical (unpaired) electrons. The molecule has 5 heteroatoms. The Morgan fingerprint density at radius 2 is 2.13 bits per heavy atom. The highest BCUT2D eigenvalue weighted by Gasteiger charge is 1.99. The molecule has 0 bridgehead atoms.